The first-order valence-corrected chi connectivity index (χ1v) is 8.84. The topological polar surface area (TPSA) is 64.2 Å². The summed E-state index contributed by atoms with van der Waals surface area (Å²) in [6, 6.07) is 19.6. The third-order valence-corrected chi connectivity index (χ3v) is 4.76. The van der Waals surface area contributed by atoms with Gasteiger partial charge < -0.3 is 10.6 Å². The molecule has 0 bridgehead atoms. The molecule has 5 nitrogen and oxygen atoms in total. The molecule has 0 spiro atoms. The van der Waals surface area contributed by atoms with Gasteiger partial charge in [-0.05, 0) is 31.5 Å². The lowest BCUT2D eigenvalue weighted by Gasteiger charge is -2.27. The highest BCUT2D eigenvalue weighted by Gasteiger charge is 2.43. The molecule has 0 saturated heterocycles. The van der Waals surface area contributed by atoms with Crippen LogP contribution in [0.5, 0.6) is 0 Å². The van der Waals surface area contributed by atoms with E-state index in [0.717, 1.165) is 22.5 Å². The minimum atomic E-state index is -0.151. The lowest BCUT2D eigenvalue weighted by Crippen LogP contribution is -2.39. The first-order valence-electron chi connectivity index (χ1n) is 8.84. The predicted molar refractivity (Wildman–Crippen MR) is 109 cm³/mol. The molecule has 1 aliphatic rings. The van der Waals surface area contributed by atoms with Crippen molar-refractivity contribution >= 4 is 18.3 Å². The van der Waals surface area contributed by atoms with E-state index < -0.39 is 0 Å². The number of carbonyl (C=O) groups is 1. The normalized spacial score (nSPS) is 16.8. The van der Waals surface area contributed by atoms with E-state index in [1.54, 1.807) is 4.68 Å². The zero-order valence-electron chi connectivity index (χ0n) is 15.4. The van der Waals surface area contributed by atoms with Gasteiger partial charge in [-0.15, -0.1) is 12.4 Å². The second-order valence-electron chi connectivity index (χ2n) is 6.84. The van der Waals surface area contributed by atoms with Gasteiger partial charge in [0.2, 0.25) is 0 Å². The van der Waals surface area contributed by atoms with Crippen LogP contribution in [0.1, 0.15) is 40.3 Å². The van der Waals surface area contributed by atoms with Crippen molar-refractivity contribution in [2.75, 3.05) is 6.54 Å². The molecule has 0 aliphatic carbocycles. The van der Waals surface area contributed by atoms with E-state index in [4.69, 9.17) is 5.73 Å². The second-order valence-corrected chi connectivity index (χ2v) is 6.84. The Morgan fingerprint density at radius 2 is 1.67 bits per heavy atom. The third kappa shape index (κ3) is 3.24. The number of rotatable bonds is 4. The van der Waals surface area contributed by atoms with Crippen LogP contribution in [0, 0.1) is 6.92 Å². The van der Waals surface area contributed by atoms with Crippen molar-refractivity contribution in [3.8, 4) is 5.69 Å². The highest BCUT2D eigenvalue weighted by molar-refractivity contribution is 5.99. The number of halogens is 1. The van der Waals surface area contributed by atoms with Gasteiger partial charge in [0.15, 0.2) is 0 Å². The maximum absolute atomic E-state index is 13.3. The Labute approximate surface area is 165 Å². The molecular formula is C21H23ClN4O. The summed E-state index contributed by atoms with van der Waals surface area (Å²) >= 11 is 0. The fourth-order valence-electron chi connectivity index (χ4n) is 3.72. The average molecular weight is 383 g/mol. The van der Waals surface area contributed by atoms with Crippen LogP contribution in [-0.4, -0.2) is 33.2 Å². The van der Waals surface area contributed by atoms with Crippen LogP contribution in [-0.2, 0) is 0 Å². The minimum absolute atomic E-state index is 0. The Bertz CT molecular complexity index is 938. The van der Waals surface area contributed by atoms with Crippen molar-refractivity contribution in [1.29, 1.82) is 0 Å². The van der Waals surface area contributed by atoms with Crippen LogP contribution in [0.25, 0.3) is 5.69 Å². The number of aromatic nitrogens is 2. The summed E-state index contributed by atoms with van der Waals surface area (Å²) in [5.74, 6) is -0.0180. The van der Waals surface area contributed by atoms with E-state index in [-0.39, 0.29) is 30.4 Å². The highest BCUT2D eigenvalue weighted by atomic mass is 35.5. The zero-order valence-corrected chi connectivity index (χ0v) is 16.2. The van der Waals surface area contributed by atoms with Crippen molar-refractivity contribution in [3.05, 3.63) is 83.2 Å². The number of hydrogen-bond donors (Lipinski definition) is 1. The summed E-state index contributed by atoms with van der Waals surface area (Å²) in [4.78, 5) is 15.2. The van der Waals surface area contributed by atoms with Crippen LogP contribution >= 0.6 is 12.4 Å². The van der Waals surface area contributed by atoms with Crippen molar-refractivity contribution in [1.82, 2.24) is 14.7 Å². The Hall–Kier alpha value is -2.63. The molecular weight excluding hydrogens is 360 g/mol. The molecule has 6 heteroatoms. The number of amides is 1. The molecule has 1 aromatic heterocycles. The number of hydrogen-bond acceptors (Lipinski definition) is 3. The van der Waals surface area contributed by atoms with E-state index in [1.807, 2.05) is 67.3 Å². The van der Waals surface area contributed by atoms with E-state index in [0.29, 0.717) is 12.2 Å². The van der Waals surface area contributed by atoms with Gasteiger partial charge in [0.1, 0.15) is 5.69 Å². The average Bonchev–Trinajstić information content (AvgIpc) is 3.13. The zero-order chi connectivity index (χ0) is 18.3. The van der Waals surface area contributed by atoms with Gasteiger partial charge in [0.25, 0.3) is 5.91 Å². The molecule has 1 aliphatic heterocycles. The summed E-state index contributed by atoms with van der Waals surface area (Å²) in [5.41, 5.74) is 10.5. The predicted octanol–water partition coefficient (Wildman–Crippen LogP) is 3.49. The van der Waals surface area contributed by atoms with E-state index >= 15 is 0 Å². The molecule has 0 fully saturated rings. The Kier molecular flexibility index (Phi) is 5.35. The molecule has 140 valence electrons. The number of carbonyl (C=O) groups excluding carboxylic acids is 1. The first-order chi connectivity index (χ1) is 12.6. The van der Waals surface area contributed by atoms with Gasteiger partial charge in [0, 0.05) is 18.2 Å². The standard InChI is InChI=1S/C21H22N4O.ClH/c1-14(22)13-24-19(16-9-5-3-6-10-16)18-15(2)23-25(20(18)21(24)26)17-11-7-4-8-12-17;/h3-12,14,19H,13,22H2,1-2H3;1H. The maximum Gasteiger partial charge on any atom is 0.273 e. The number of aryl methyl sites for hydroxylation is 1. The number of para-hydroxylation sites is 1. The Balaban J connectivity index is 0.00000210. The highest BCUT2D eigenvalue weighted by Crippen LogP contribution is 2.41. The first kappa shape index (κ1) is 19.1. The summed E-state index contributed by atoms with van der Waals surface area (Å²) in [5, 5.41) is 4.68. The number of nitrogens with two attached hydrogens (primary N) is 1. The fourth-order valence-corrected chi connectivity index (χ4v) is 3.72. The van der Waals surface area contributed by atoms with Gasteiger partial charge in [-0.1, -0.05) is 48.5 Å². The molecule has 2 N–H and O–H groups in total. The largest absolute Gasteiger partial charge is 0.326 e. The summed E-state index contributed by atoms with van der Waals surface area (Å²) in [6.45, 7) is 4.40. The van der Waals surface area contributed by atoms with E-state index in [2.05, 4.69) is 17.2 Å². The molecule has 3 aromatic rings. The molecule has 0 radical (unpaired) electrons. The van der Waals surface area contributed by atoms with Crippen molar-refractivity contribution in [3.63, 3.8) is 0 Å². The van der Waals surface area contributed by atoms with E-state index in [1.165, 1.54) is 0 Å². The van der Waals surface area contributed by atoms with Crippen LogP contribution in [0.2, 0.25) is 0 Å². The van der Waals surface area contributed by atoms with Crippen molar-refractivity contribution in [2.24, 2.45) is 5.73 Å². The SMILES string of the molecule is Cc1nn(-c2ccccc2)c2c1C(c1ccccc1)N(CC(C)N)C2=O.Cl. The molecule has 2 aromatic carbocycles. The van der Waals surface area contributed by atoms with Gasteiger partial charge >= 0.3 is 0 Å². The number of benzene rings is 2. The lowest BCUT2D eigenvalue weighted by molar-refractivity contribution is 0.0732. The lowest BCUT2D eigenvalue weighted by atomic mass is 9.99. The van der Waals surface area contributed by atoms with Gasteiger partial charge in [-0.2, -0.15) is 5.10 Å². The Morgan fingerprint density at radius 1 is 1.07 bits per heavy atom. The maximum atomic E-state index is 13.3. The van der Waals surface area contributed by atoms with Crippen LogP contribution < -0.4 is 5.73 Å². The smallest absolute Gasteiger partial charge is 0.273 e. The summed E-state index contributed by atoms with van der Waals surface area (Å²) < 4.78 is 1.77. The summed E-state index contributed by atoms with van der Waals surface area (Å²) in [7, 11) is 0. The molecule has 4 rings (SSSR count). The fraction of sp³-hybridized carbons (Fsp3) is 0.238. The molecule has 27 heavy (non-hydrogen) atoms. The molecule has 2 atom stereocenters. The quantitative estimate of drug-likeness (QED) is 0.751. The molecule has 0 saturated carbocycles. The number of fused-ring (bicyclic) bond motifs is 1. The second kappa shape index (κ2) is 7.55. The molecule has 2 unspecified atom stereocenters. The van der Waals surface area contributed by atoms with Crippen LogP contribution in [0.3, 0.4) is 0 Å². The Morgan fingerprint density at radius 3 is 2.26 bits per heavy atom. The molecule has 2 heterocycles. The van der Waals surface area contributed by atoms with Crippen molar-refractivity contribution < 1.29 is 4.79 Å². The van der Waals surface area contributed by atoms with Gasteiger partial charge in [-0.25, -0.2) is 4.68 Å². The van der Waals surface area contributed by atoms with Gasteiger partial charge in [0.05, 0.1) is 17.4 Å². The number of nitrogens with zero attached hydrogens (tertiary/aromatic N) is 3. The third-order valence-electron chi connectivity index (χ3n) is 4.76. The summed E-state index contributed by atoms with van der Waals surface area (Å²) in [6.07, 6.45) is 0. The minimum Gasteiger partial charge on any atom is -0.326 e. The van der Waals surface area contributed by atoms with Crippen LogP contribution in [0.15, 0.2) is 60.7 Å². The monoisotopic (exact) mass is 382 g/mol. The molecule has 1 amide bonds. The van der Waals surface area contributed by atoms with Crippen molar-refractivity contribution in [2.45, 2.75) is 25.9 Å². The van der Waals surface area contributed by atoms with Gasteiger partial charge in [-0.3, -0.25) is 4.79 Å². The van der Waals surface area contributed by atoms with E-state index in [9.17, 15) is 4.79 Å². The van der Waals surface area contributed by atoms with Crippen LogP contribution in [0.4, 0.5) is 0 Å².